The second-order valence-electron chi connectivity index (χ2n) is 4.95. The molecule has 2 aromatic rings. The standard InChI is InChI=1S/C17H13ClF3NO3S/c18-14-6-4-8-16(12-14)26(23,24)22-9-1-2-10-25-15-7-3-5-13(11-15)17(19,20)21/h3-8,11-12,22H,9-10H2. The van der Waals surface area contributed by atoms with Crippen molar-refractivity contribution in [2.45, 2.75) is 11.1 Å². The fraction of sp³-hybridized carbons (Fsp3) is 0.176. The molecule has 0 aliphatic heterocycles. The van der Waals surface area contributed by atoms with Crippen molar-refractivity contribution >= 4 is 21.6 Å². The maximum Gasteiger partial charge on any atom is 0.416 e. The van der Waals surface area contributed by atoms with E-state index in [0.29, 0.717) is 0 Å². The first kappa shape index (κ1) is 20.1. The number of hydrogen-bond donors (Lipinski definition) is 1. The van der Waals surface area contributed by atoms with E-state index in [2.05, 4.69) is 16.6 Å². The van der Waals surface area contributed by atoms with Gasteiger partial charge in [0.15, 0.2) is 0 Å². The number of hydrogen-bond acceptors (Lipinski definition) is 3. The SMILES string of the molecule is O=S(=O)(NCC#CCOc1cccc(C(F)(F)F)c1)c1cccc(Cl)c1. The Morgan fingerprint density at radius 1 is 1.08 bits per heavy atom. The monoisotopic (exact) mass is 403 g/mol. The van der Waals surface area contributed by atoms with Gasteiger partial charge in [-0.2, -0.15) is 17.9 Å². The highest BCUT2D eigenvalue weighted by Gasteiger charge is 2.30. The zero-order chi connectivity index (χ0) is 19.2. The Hall–Kier alpha value is -2.21. The van der Waals surface area contributed by atoms with E-state index in [4.69, 9.17) is 16.3 Å². The second kappa shape index (κ2) is 8.45. The van der Waals surface area contributed by atoms with Crippen molar-refractivity contribution in [3.05, 3.63) is 59.1 Å². The molecule has 0 radical (unpaired) electrons. The minimum atomic E-state index is -4.45. The number of nitrogens with one attached hydrogen (secondary N) is 1. The quantitative estimate of drug-likeness (QED) is 0.774. The van der Waals surface area contributed by atoms with Crippen LogP contribution in [0.15, 0.2) is 53.4 Å². The summed E-state index contributed by atoms with van der Waals surface area (Å²) in [5, 5.41) is 0.286. The fourth-order valence-corrected chi connectivity index (χ4v) is 3.07. The first-order chi connectivity index (χ1) is 12.2. The highest BCUT2D eigenvalue weighted by Crippen LogP contribution is 2.31. The zero-order valence-corrected chi connectivity index (χ0v) is 14.8. The number of benzene rings is 2. The number of ether oxygens (including phenoxy) is 1. The highest BCUT2D eigenvalue weighted by molar-refractivity contribution is 7.89. The molecular formula is C17H13ClF3NO3S. The third kappa shape index (κ3) is 5.95. The zero-order valence-electron chi connectivity index (χ0n) is 13.2. The fourth-order valence-electron chi connectivity index (χ4n) is 1.84. The van der Waals surface area contributed by atoms with E-state index < -0.39 is 21.8 Å². The van der Waals surface area contributed by atoms with Crippen molar-refractivity contribution in [3.8, 4) is 17.6 Å². The van der Waals surface area contributed by atoms with E-state index in [-0.39, 0.29) is 28.8 Å². The summed E-state index contributed by atoms with van der Waals surface area (Å²) in [7, 11) is -3.75. The van der Waals surface area contributed by atoms with E-state index in [1.54, 1.807) is 6.07 Å². The van der Waals surface area contributed by atoms with Crippen LogP contribution in [-0.4, -0.2) is 21.6 Å². The molecule has 0 heterocycles. The minimum Gasteiger partial charge on any atom is -0.481 e. The molecule has 9 heteroatoms. The Kier molecular flexibility index (Phi) is 6.53. The molecule has 1 N–H and O–H groups in total. The summed E-state index contributed by atoms with van der Waals surface area (Å²) in [6.07, 6.45) is -4.45. The molecule has 4 nitrogen and oxygen atoms in total. The number of alkyl halides is 3. The van der Waals surface area contributed by atoms with Gasteiger partial charge in [-0.15, -0.1) is 0 Å². The summed E-state index contributed by atoms with van der Waals surface area (Å²) >= 11 is 5.74. The molecule has 0 aliphatic rings. The van der Waals surface area contributed by atoms with E-state index in [1.165, 1.54) is 30.3 Å². The lowest BCUT2D eigenvalue weighted by molar-refractivity contribution is -0.137. The molecule has 2 rings (SSSR count). The molecule has 138 valence electrons. The van der Waals surface area contributed by atoms with Gasteiger partial charge in [-0.1, -0.05) is 35.6 Å². The molecule has 2 aromatic carbocycles. The van der Waals surface area contributed by atoms with Gasteiger partial charge in [0.25, 0.3) is 0 Å². The van der Waals surface area contributed by atoms with E-state index in [1.807, 2.05) is 0 Å². The number of sulfonamides is 1. The van der Waals surface area contributed by atoms with E-state index in [9.17, 15) is 21.6 Å². The smallest absolute Gasteiger partial charge is 0.416 e. The van der Waals surface area contributed by atoms with E-state index >= 15 is 0 Å². The Balaban J connectivity index is 1.86. The predicted octanol–water partition coefficient (Wildman–Crippen LogP) is 3.72. The molecule has 0 aliphatic carbocycles. The minimum absolute atomic E-state index is 0.00650. The topological polar surface area (TPSA) is 55.4 Å². The highest BCUT2D eigenvalue weighted by atomic mass is 35.5. The Bertz CT molecular complexity index is 934. The van der Waals surface area contributed by atoms with Crippen LogP contribution in [0.5, 0.6) is 5.75 Å². The maximum absolute atomic E-state index is 12.6. The van der Waals surface area contributed by atoms with Crippen LogP contribution >= 0.6 is 11.6 Å². The third-order valence-electron chi connectivity index (χ3n) is 3.05. The Labute approximate surface area is 154 Å². The lowest BCUT2D eigenvalue weighted by atomic mass is 10.2. The van der Waals surface area contributed by atoms with Gasteiger partial charge in [-0.05, 0) is 36.4 Å². The summed E-state index contributed by atoms with van der Waals surface area (Å²) in [5.41, 5.74) is -0.822. The van der Waals surface area contributed by atoms with E-state index in [0.717, 1.165) is 12.1 Å². The van der Waals surface area contributed by atoms with Crippen molar-refractivity contribution < 1.29 is 26.3 Å². The van der Waals surface area contributed by atoms with Gasteiger partial charge in [-0.25, -0.2) is 8.42 Å². The summed E-state index contributed by atoms with van der Waals surface area (Å²) in [6, 6.07) is 10.1. The second-order valence-corrected chi connectivity index (χ2v) is 7.15. The largest absolute Gasteiger partial charge is 0.481 e. The van der Waals surface area contributed by atoms with Gasteiger partial charge >= 0.3 is 6.18 Å². The summed E-state index contributed by atoms with van der Waals surface area (Å²) in [5.74, 6) is 5.06. The first-order valence-corrected chi connectivity index (χ1v) is 9.05. The molecule has 0 spiro atoms. The van der Waals surface area contributed by atoms with Gasteiger partial charge < -0.3 is 4.74 Å². The van der Waals surface area contributed by atoms with Crippen molar-refractivity contribution in [1.82, 2.24) is 4.72 Å². The van der Waals surface area contributed by atoms with Crippen LogP contribution in [0.4, 0.5) is 13.2 Å². The molecule has 0 saturated carbocycles. The molecule has 0 amide bonds. The average Bonchev–Trinajstić information content (AvgIpc) is 2.57. The summed E-state index contributed by atoms with van der Waals surface area (Å²) < 4.78 is 69.1. The lowest BCUT2D eigenvalue weighted by Crippen LogP contribution is -2.24. The van der Waals surface area contributed by atoms with Gasteiger partial charge in [0.05, 0.1) is 17.0 Å². The summed E-state index contributed by atoms with van der Waals surface area (Å²) in [6.45, 7) is -0.360. The molecule has 0 aromatic heterocycles. The summed E-state index contributed by atoms with van der Waals surface area (Å²) in [4.78, 5) is 0.00650. The molecule has 0 saturated heterocycles. The van der Waals surface area contributed by atoms with Crippen LogP contribution in [0.25, 0.3) is 0 Å². The first-order valence-electron chi connectivity index (χ1n) is 7.19. The lowest BCUT2D eigenvalue weighted by Gasteiger charge is -2.08. The van der Waals surface area contributed by atoms with Crippen molar-refractivity contribution in [2.75, 3.05) is 13.2 Å². The van der Waals surface area contributed by atoms with Crippen LogP contribution in [0.2, 0.25) is 5.02 Å². The van der Waals surface area contributed by atoms with Crippen LogP contribution < -0.4 is 9.46 Å². The van der Waals surface area contributed by atoms with Crippen LogP contribution in [0.3, 0.4) is 0 Å². The van der Waals surface area contributed by atoms with Gasteiger partial charge in [0.1, 0.15) is 12.4 Å². The van der Waals surface area contributed by atoms with Gasteiger partial charge in [0, 0.05) is 5.02 Å². The normalized spacial score (nSPS) is 11.5. The van der Waals surface area contributed by atoms with Gasteiger partial charge in [0.2, 0.25) is 10.0 Å². The molecular weight excluding hydrogens is 391 g/mol. The van der Waals surface area contributed by atoms with Crippen molar-refractivity contribution in [1.29, 1.82) is 0 Å². The predicted molar refractivity (Wildman–Crippen MR) is 91.4 cm³/mol. The van der Waals surface area contributed by atoms with Crippen molar-refractivity contribution in [3.63, 3.8) is 0 Å². The molecule has 0 unspecified atom stereocenters. The average molecular weight is 404 g/mol. The molecule has 0 bridgehead atoms. The van der Waals surface area contributed by atoms with Gasteiger partial charge in [-0.3, -0.25) is 0 Å². The maximum atomic E-state index is 12.6. The Morgan fingerprint density at radius 3 is 2.50 bits per heavy atom. The molecule has 0 fully saturated rings. The Morgan fingerprint density at radius 2 is 1.81 bits per heavy atom. The van der Waals surface area contributed by atoms with Crippen LogP contribution in [0.1, 0.15) is 5.56 Å². The molecule has 26 heavy (non-hydrogen) atoms. The molecule has 0 atom stereocenters. The third-order valence-corrected chi connectivity index (χ3v) is 4.69. The van der Waals surface area contributed by atoms with Crippen molar-refractivity contribution in [2.24, 2.45) is 0 Å². The van der Waals surface area contributed by atoms with Crippen LogP contribution in [-0.2, 0) is 16.2 Å². The number of rotatable bonds is 5. The number of halogens is 4. The van der Waals surface area contributed by atoms with Crippen LogP contribution in [0, 0.1) is 11.8 Å².